The fourth-order valence-electron chi connectivity index (χ4n) is 1.59. The highest BCUT2D eigenvalue weighted by molar-refractivity contribution is 6.46. The van der Waals surface area contributed by atoms with Crippen LogP contribution in [0.4, 0.5) is 5.69 Å². The summed E-state index contributed by atoms with van der Waals surface area (Å²) in [7, 11) is -0.661. The molecule has 2 N–H and O–H groups in total. The zero-order valence-corrected chi connectivity index (χ0v) is 11.7. The Morgan fingerprint density at radius 2 is 1.94 bits per heavy atom. The van der Waals surface area contributed by atoms with Gasteiger partial charge in [-0.3, -0.25) is 0 Å². The Balaban J connectivity index is 2.41. The molecule has 1 unspecified atom stereocenters. The van der Waals surface area contributed by atoms with Crippen molar-refractivity contribution in [2.24, 2.45) is 0 Å². The Kier molecular flexibility index (Phi) is 6.36. The van der Waals surface area contributed by atoms with Gasteiger partial charge in [0.2, 0.25) is 0 Å². The molecule has 0 bridgehead atoms. The summed E-state index contributed by atoms with van der Waals surface area (Å²) in [4.78, 5) is 0. The van der Waals surface area contributed by atoms with Crippen LogP contribution in [0.1, 0.15) is 19.3 Å². The minimum Gasteiger partial charge on any atom is -0.415 e. The number of nitrogens with two attached hydrogens (primary N) is 1. The smallest absolute Gasteiger partial charge is 0.192 e. The van der Waals surface area contributed by atoms with Gasteiger partial charge < -0.3 is 10.2 Å². The fraction of sp³-hybridized carbons (Fsp3) is 0.286. The number of benzene rings is 1. The van der Waals surface area contributed by atoms with E-state index < -0.39 is 9.76 Å². The van der Waals surface area contributed by atoms with Gasteiger partial charge in [0, 0.05) is 11.8 Å². The average Bonchev–Trinajstić information content (AvgIpc) is 2.35. The van der Waals surface area contributed by atoms with Gasteiger partial charge in [-0.1, -0.05) is 24.3 Å². The first-order valence-electron chi connectivity index (χ1n) is 5.94. The summed E-state index contributed by atoms with van der Waals surface area (Å²) in [6.07, 6.45) is 7.08. The fourth-order valence-corrected chi connectivity index (χ4v) is 2.75. The lowest BCUT2D eigenvalue weighted by atomic mass is 10.1. The van der Waals surface area contributed by atoms with E-state index in [0.717, 1.165) is 24.9 Å². The summed E-state index contributed by atoms with van der Waals surface area (Å²) in [5.74, 6) is 0. The maximum absolute atomic E-state index is 5.99. The second-order valence-electron chi connectivity index (χ2n) is 4.06. The third-order valence-corrected chi connectivity index (χ3v) is 4.03. The van der Waals surface area contributed by atoms with Gasteiger partial charge in [0.05, 0.1) is 0 Å². The molecule has 0 aliphatic carbocycles. The van der Waals surface area contributed by atoms with Crippen LogP contribution >= 0.6 is 0 Å². The van der Waals surface area contributed by atoms with Crippen LogP contribution in [0.5, 0.6) is 0 Å². The van der Waals surface area contributed by atoms with Crippen molar-refractivity contribution < 1.29 is 4.43 Å². The van der Waals surface area contributed by atoms with E-state index in [1.54, 1.807) is 0 Å². The van der Waals surface area contributed by atoms with Crippen LogP contribution in [0.2, 0.25) is 0 Å². The zero-order valence-electron chi connectivity index (χ0n) is 10.3. The summed E-state index contributed by atoms with van der Waals surface area (Å²) in [5, 5.41) is 1.28. The molecule has 0 saturated heterocycles. The van der Waals surface area contributed by atoms with Crippen LogP contribution in [0, 0.1) is 0 Å². The predicted octanol–water partition coefficient (Wildman–Crippen LogP) is 1.91. The second kappa shape index (κ2) is 7.87. The topological polar surface area (TPSA) is 35.2 Å². The van der Waals surface area contributed by atoms with Crippen LogP contribution in [0.3, 0.4) is 0 Å². The van der Waals surface area contributed by atoms with E-state index in [4.69, 9.17) is 10.2 Å². The first-order valence-corrected chi connectivity index (χ1v) is 7.22. The van der Waals surface area contributed by atoms with Crippen molar-refractivity contribution in [1.29, 1.82) is 0 Å². The highest BCUT2D eigenvalue weighted by atomic mass is 28.2. The number of hydrogen-bond acceptors (Lipinski definition) is 2. The van der Waals surface area contributed by atoms with Crippen molar-refractivity contribution in [1.82, 2.24) is 0 Å². The molecule has 1 atom stereocenters. The Bertz CT molecular complexity index is 348. The van der Waals surface area contributed by atoms with Gasteiger partial charge >= 0.3 is 0 Å². The molecule has 0 spiro atoms. The van der Waals surface area contributed by atoms with Crippen molar-refractivity contribution in [3.8, 4) is 0 Å². The first kappa shape index (κ1) is 13.7. The molecule has 3 heteroatoms. The molecule has 0 fully saturated rings. The van der Waals surface area contributed by atoms with E-state index in [-0.39, 0.29) is 6.10 Å². The maximum Gasteiger partial charge on any atom is 0.192 e. The maximum atomic E-state index is 5.99. The van der Waals surface area contributed by atoms with Crippen LogP contribution in [-0.2, 0) is 4.43 Å². The molecule has 1 aromatic rings. The lowest BCUT2D eigenvalue weighted by Gasteiger charge is -2.15. The molecule has 0 heterocycles. The molecule has 17 heavy (non-hydrogen) atoms. The van der Waals surface area contributed by atoms with Gasteiger partial charge in [0.15, 0.2) is 9.76 Å². The Morgan fingerprint density at radius 1 is 1.24 bits per heavy atom. The molecular formula is C14H21NOSi. The standard InChI is InChI=1S/C14H21NOSi/c1-3-5-7-13(6-4-2)16-17-14-10-8-12(15)9-11-14/h3-4,8-11,13H,1-2,5-7,15,17H2. The van der Waals surface area contributed by atoms with Crippen molar-refractivity contribution in [2.45, 2.75) is 25.4 Å². The zero-order chi connectivity index (χ0) is 12.5. The summed E-state index contributed by atoms with van der Waals surface area (Å²) in [5.41, 5.74) is 6.45. The molecule has 0 aromatic heterocycles. The van der Waals surface area contributed by atoms with Crippen LogP contribution in [-0.4, -0.2) is 15.9 Å². The summed E-state index contributed by atoms with van der Waals surface area (Å²) in [6, 6.07) is 7.97. The Hall–Kier alpha value is -1.32. The molecule has 2 nitrogen and oxygen atoms in total. The SMILES string of the molecule is C=CCCC(CC=C)O[SiH2]c1ccc(N)cc1. The third kappa shape index (κ3) is 5.52. The quantitative estimate of drug-likeness (QED) is 0.433. The molecule has 0 radical (unpaired) electrons. The van der Waals surface area contributed by atoms with Gasteiger partial charge in [-0.2, -0.15) is 0 Å². The van der Waals surface area contributed by atoms with Gasteiger partial charge in [-0.05, 0) is 36.6 Å². The van der Waals surface area contributed by atoms with Gasteiger partial charge in [-0.25, -0.2) is 0 Å². The third-order valence-electron chi connectivity index (χ3n) is 2.59. The van der Waals surface area contributed by atoms with E-state index in [9.17, 15) is 0 Å². The number of anilines is 1. The molecule has 1 aromatic carbocycles. The van der Waals surface area contributed by atoms with Gasteiger partial charge in [0.25, 0.3) is 0 Å². The van der Waals surface area contributed by atoms with Crippen molar-refractivity contribution in [3.05, 3.63) is 49.6 Å². The lowest BCUT2D eigenvalue weighted by Crippen LogP contribution is -2.23. The Labute approximate surface area is 106 Å². The number of rotatable bonds is 8. The normalized spacial score (nSPS) is 12.7. The van der Waals surface area contributed by atoms with Crippen LogP contribution in [0.15, 0.2) is 49.6 Å². The molecule has 92 valence electrons. The summed E-state index contributed by atoms with van der Waals surface area (Å²) >= 11 is 0. The Morgan fingerprint density at radius 3 is 2.53 bits per heavy atom. The van der Waals surface area contributed by atoms with Gasteiger partial charge in [-0.15, -0.1) is 13.2 Å². The van der Waals surface area contributed by atoms with E-state index in [0.29, 0.717) is 0 Å². The highest BCUT2D eigenvalue weighted by Crippen LogP contribution is 2.07. The molecule has 0 saturated carbocycles. The highest BCUT2D eigenvalue weighted by Gasteiger charge is 2.06. The molecule has 1 rings (SSSR count). The van der Waals surface area contributed by atoms with Gasteiger partial charge in [0.1, 0.15) is 0 Å². The van der Waals surface area contributed by atoms with Crippen molar-refractivity contribution in [3.63, 3.8) is 0 Å². The number of nitrogen functional groups attached to an aromatic ring is 1. The monoisotopic (exact) mass is 247 g/mol. The molecule has 0 amide bonds. The van der Waals surface area contributed by atoms with E-state index in [1.165, 1.54) is 5.19 Å². The molecule has 0 aliphatic rings. The predicted molar refractivity (Wildman–Crippen MR) is 78.2 cm³/mol. The second-order valence-corrected chi connectivity index (χ2v) is 5.50. The van der Waals surface area contributed by atoms with Crippen molar-refractivity contribution in [2.75, 3.05) is 5.73 Å². The minimum absolute atomic E-state index is 0.287. The van der Waals surface area contributed by atoms with E-state index in [1.807, 2.05) is 24.3 Å². The molecule has 0 aliphatic heterocycles. The summed E-state index contributed by atoms with van der Waals surface area (Å²) < 4.78 is 5.99. The number of hydrogen-bond donors (Lipinski definition) is 1. The van der Waals surface area contributed by atoms with Crippen LogP contribution < -0.4 is 10.9 Å². The first-order chi connectivity index (χ1) is 8.26. The average molecular weight is 247 g/mol. The molecular weight excluding hydrogens is 226 g/mol. The van der Waals surface area contributed by atoms with Crippen molar-refractivity contribution >= 4 is 20.6 Å². The lowest BCUT2D eigenvalue weighted by molar-refractivity contribution is 0.209. The van der Waals surface area contributed by atoms with Crippen LogP contribution in [0.25, 0.3) is 0 Å². The van der Waals surface area contributed by atoms with E-state index in [2.05, 4.69) is 25.3 Å². The summed E-state index contributed by atoms with van der Waals surface area (Å²) in [6.45, 7) is 7.51. The minimum atomic E-state index is -0.661. The number of allylic oxidation sites excluding steroid dienone is 1. The van der Waals surface area contributed by atoms with E-state index >= 15 is 0 Å². The largest absolute Gasteiger partial charge is 0.415 e.